The van der Waals surface area contributed by atoms with Gasteiger partial charge in [-0.05, 0) is 11.6 Å². The van der Waals surface area contributed by atoms with Gasteiger partial charge in [0.25, 0.3) is 0 Å². The van der Waals surface area contributed by atoms with Gasteiger partial charge in [0.05, 0.1) is 0 Å². The van der Waals surface area contributed by atoms with Gasteiger partial charge in [0.15, 0.2) is 5.82 Å². The molecule has 16 heavy (non-hydrogen) atoms. The summed E-state index contributed by atoms with van der Waals surface area (Å²) >= 11 is 0. The molecule has 0 aliphatic carbocycles. The van der Waals surface area contributed by atoms with Crippen molar-refractivity contribution in [2.75, 3.05) is 0 Å². The van der Waals surface area contributed by atoms with Gasteiger partial charge in [0.2, 0.25) is 5.78 Å². The molecule has 0 saturated heterocycles. The van der Waals surface area contributed by atoms with Gasteiger partial charge in [-0.2, -0.15) is 0 Å². The second-order valence-electron chi connectivity index (χ2n) is 3.47. The molecule has 0 spiro atoms. The number of hydrogen-bond acceptors (Lipinski definition) is 2. The van der Waals surface area contributed by atoms with Gasteiger partial charge >= 0.3 is 0 Å². The zero-order chi connectivity index (χ0) is 11.4. The van der Waals surface area contributed by atoms with Gasteiger partial charge < -0.3 is 4.57 Å². The van der Waals surface area contributed by atoms with Gasteiger partial charge in [0.1, 0.15) is 0 Å². The third kappa shape index (κ3) is 2.25. The Kier molecular flexibility index (Phi) is 2.96. The van der Waals surface area contributed by atoms with Gasteiger partial charge in [-0.1, -0.05) is 36.4 Å². The summed E-state index contributed by atoms with van der Waals surface area (Å²) in [6.07, 6.45) is 6.70. The van der Waals surface area contributed by atoms with E-state index in [-0.39, 0.29) is 5.78 Å². The largest absolute Gasteiger partial charge is 0.331 e. The number of nitrogens with zero attached hydrogens (tertiary/aromatic N) is 2. The van der Waals surface area contributed by atoms with Crippen LogP contribution in [-0.2, 0) is 7.05 Å². The highest BCUT2D eigenvalue weighted by molar-refractivity contribution is 6.04. The molecule has 2 aromatic rings. The third-order valence-electron chi connectivity index (χ3n) is 2.27. The minimum Gasteiger partial charge on any atom is -0.331 e. The van der Waals surface area contributed by atoms with E-state index >= 15 is 0 Å². The van der Waals surface area contributed by atoms with Crippen molar-refractivity contribution in [2.45, 2.75) is 0 Å². The standard InChI is InChI=1S/C13H12N2O/c1-15-10-9-14-13(15)12(16)8-7-11-5-3-2-4-6-11/h2-10H,1H3. The highest BCUT2D eigenvalue weighted by Crippen LogP contribution is 2.03. The summed E-state index contributed by atoms with van der Waals surface area (Å²) in [5.41, 5.74) is 1.00. The molecule has 0 atom stereocenters. The zero-order valence-electron chi connectivity index (χ0n) is 9.00. The number of imidazole rings is 1. The van der Waals surface area contributed by atoms with E-state index in [4.69, 9.17) is 0 Å². The second kappa shape index (κ2) is 4.57. The first-order valence-electron chi connectivity index (χ1n) is 5.02. The maximum absolute atomic E-state index is 11.7. The number of rotatable bonds is 3. The maximum Gasteiger partial charge on any atom is 0.221 e. The summed E-state index contributed by atoms with van der Waals surface area (Å²) in [6, 6.07) is 9.71. The summed E-state index contributed by atoms with van der Waals surface area (Å²) in [6.45, 7) is 0. The minimum absolute atomic E-state index is 0.0867. The van der Waals surface area contributed by atoms with E-state index in [1.165, 1.54) is 6.08 Å². The summed E-state index contributed by atoms with van der Waals surface area (Å²) < 4.78 is 1.71. The topological polar surface area (TPSA) is 34.9 Å². The minimum atomic E-state index is -0.0867. The van der Waals surface area contributed by atoms with Crippen LogP contribution in [0.25, 0.3) is 6.08 Å². The summed E-state index contributed by atoms with van der Waals surface area (Å²) in [5.74, 6) is 0.364. The number of allylic oxidation sites excluding steroid dienone is 1. The van der Waals surface area contributed by atoms with Crippen molar-refractivity contribution in [3.8, 4) is 0 Å². The number of benzene rings is 1. The SMILES string of the molecule is Cn1ccnc1C(=O)C=Cc1ccccc1. The van der Waals surface area contributed by atoms with Crippen molar-refractivity contribution < 1.29 is 4.79 Å². The Bertz CT molecular complexity index is 512. The highest BCUT2D eigenvalue weighted by atomic mass is 16.1. The van der Waals surface area contributed by atoms with Crippen LogP contribution >= 0.6 is 0 Å². The molecule has 0 bridgehead atoms. The van der Waals surface area contributed by atoms with Crippen molar-refractivity contribution in [1.29, 1.82) is 0 Å². The maximum atomic E-state index is 11.7. The van der Waals surface area contributed by atoms with E-state index in [9.17, 15) is 4.79 Å². The fourth-order valence-electron chi connectivity index (χ4n) is 1.41. The Balaban J connectivity index is 2.15. The Labute approximate surface area is 94.1 Å². The van der Waals surface area contributed by atoms with Crippen molar-refractivity contribution in [1.82, 2.24) is 9.55 Å². The first-order chi connectivity index (χ1) is 7.77. The van der Waals surface area contributed by atoms with Crippen molar-refractivity contribution in [3.63, 3.8) is 0 Å². The Morgan fingerprint density at radius 2 is 2.06 bits per heavy atom. The van der Waals surface area contributed by atoms with Crippen LogP contribution in [0.3, 0.4) is 0 Å². The lowest BCUT2D eigenvalue weighted by atomic mass is 10.2. The van der Waals surface area contributed by atoms with E-state index < -0.39 is 0 Å². The van der Waals surface area contributed by atoms with Crippen LogP contribution in [0.5, 0.6) is 0 Å². The predicted molar refractivity (Wildman–Crippen MR) is 63.0 cm³/mol. The smallest absolute Gasteiger partial charge is 0.221 e. The molecule has 1 aromatic heterocycles. The summed E-state index contributed by atoms with van der Waals surface area (Å²) in [5, 5.41) is 0. The van der Waals surface area contributed by atoms with Crippen molar-refractivity contribution in [3.05, 3.63) is 60.2 Å². The van der Waals surface area contributed by atoms with E-state index in [0.29, 0.717) is 5.82 Å². The number of carbonyl (C=O) groups is 1. The number of aromatic nitrogens is 2. The Morgan fingerprint density at radius 3 is 2.69 bits per heavy atom. The summed E-state index contributed by atoms with van der Waals surface area (Å²) in [7, 11) is 1.80. The lowest BCUT2D eigenvalue weighted by Crippen LogP contribution is -2.03. The monoisotopic (exact) mass is 212 g/mol. The van der Waals surface area contributed by atoms with Crippen LogP contribution in [0.1, 0.15) is 16.2 Å². The van der Waals surface area contributed by atoms with Crippen LogP contribution in [0, 0.1) is 0 Å². The lowest BCUT2D eigenvalue weighted by molar-refractivity contribution is 0.103. The molecule has 80 valence electrons. The van der Waals surface area contributed by atoms with E-state index in [1.807, 2.05) is 30.3 Å². The summed E-state index contributed by atoms with van der Waals surface area (Å²) in [4.78, 5) is 15.7. The van der Waals surface area contributed by atoms with Crippen LogP contribution in [0.15, 0.2) is 48.8 Å². The van der Waals surface area contributed by atoms with Gasteiger partial charge in [-0.3, -0.25) is 4.79 Å². The van der Waals surface area contributed by atoms with Gasteiger partial charge in [0, 0.05) is 19.4 Å². The molecule has 0 amide bonds. The molecule has 2 rings (SSSR count). The first kappa shape index (κ1) is 10.4. The van der Waals surface area contributed by atoms with Crippen LogP contribution in [-0.4, -0.2) is 15.3 Å². The molecule has 1 aromatic carbocycles. The molecule has 0 N–H and O–H groups in total. The molecular weight excluding hydrogens is 200 g/mol. The van der Waals surface area contributed by atoms with Crippen LogP contribution in [0.4, 0.5) is 0 Å². The number of ketones is 1. The average Bonchev–Trinajstić information content (AvgIpc) is 2.74. The Morgan fingerprint density at radius 1 is 1.31 bits per heavy atom. The van der Waals surface area contributed by atoms with Crippen molar-refractivity contribution in [2.24, 2.45) is 7.05 Å². The van der Waals surface area contributed by atoms with E-state index in [1.54, 1.807) is 30.1 Å². The molecule has 3 heteroatoms. The molecular formula is C13H12N2O. The Hall–Kier alpha value is -2.16. The predicted octanol–water partition coefficient (Wildman–Crippen LogP) is 2.32. The van der Waals surface area contributed by atoms with E-state index in [0.717, 1.165) is 5.56 Å². The number of carbonyl (C=O) groups excluding carboxylic acids is 1. The van der Waals surface area contributed by atoms with Crippen LogP contribution in [0.2, 0.25) is 0 Å². The first-order valence-corrected chi connectivity index (χ1v) is 5.02. The fourth-order valence-corrected chi connectivity index (χ4v) is 1.41. The number of aryl methyl sites for hydroxylation is 1. The van der Waals surface area contributed by atoms with Gasteiger partial charge in [-0.25, -0.2) is 4.98 Å². The fraction of sp³-hybridized carbons (Fsp3) is 0.0769. The zero-order valence-corrected chi connectivity index (χ0v) is 9.00. The van der Waals surface area contributed by atoms with E-state index in [2.05, 4.69) is 4.98 Å². The third-order valence-corrected chi connectivity index (χ3v) is 2.27. The number of hydrogen-bond donors (Lipinski definition) is 0. The molecule has 0 aliphatic rings. The lowest BCUT2D eigenvalue weighted by Gasteiger charge is -1.95. The molecule has 3 nitrogen and oxygen atoms in total. The van der Waals surface area contributed by atoms with Crippen LogP contribution < -0.4 is 0 Å². The average molecular weight is 212 g/mol. The molecule has 0 aliphatic heterocycles. The molecule has 0 saturated carbocycles. The molecule has 0 unspecified atom stereocenters. The molecule has 0 fully saturated rings. The van der Waals surface area contributed by atoms with Crippen molar-refractivity contribution >= 4 is 11.9 Å². The second-order valence-corrected chi connectivity index (χ2v) is 3.47. The molecule has 0 radical (unpaired) electrons. The molecule has 1 heterocycles. The van der Waals surface area contributed by atoms with Gasteiger partial charge in [-0.15, -0.1) is 0 Å². The normalized spacial score (nSPS) is 10.8. The quantitative estimate of drug-likeness (QED) is 0.578. The highest BCUT2D eigenvalue weighted by Gasteiger charge is 2.06.